The van der Waals surface area contributed by atoms with Gasteiger partial charge in [-0.2, -0.15) is 0 Å². The maximum Gasteiger partial charge on any atom is 0.230 e. The lowest BCUT2D eigenvalue weighted by Gasteiger charge is -2.41. The quantitative estimate of drug-likeness (QED) is 0.852. The second-order valence-corrected chi connectivity index (χ2v) is 8.50. The summed E-state index contributed by atoms with van der Waals surface area (Å²) in [5.41, 5.74) is 0.104. The predicted molar refractivity (Wildman–Crippen MR) is 99.9 cm³/mol. The Morgan fingerprint density at radius 3 is 2.69 bits per heavy atom. The smallest absolute Gasteiger partial charge is 0.230 e. The van der Waals surface area contributed by atoms with E-state index in [2.05, 4.69) is 0 Å². The van der Waals surface area contributed by atoms with Crippen molar-refractivity contribution >= 4 is 23.2 Å². The minimum absolute atomic E-state index is 0.127. The monoisotopic (exact) mass is 380 g/mol. The summed E-state index contributed by atoms with van der Waals surface area (Å²) in [5, 5.41) is 9.86. The lowest BCUT2D eigenvalue weighted by molar-refractivity contribution is -0.139. The van der Waals surface area contributed by atoms with Crippen molar-refractivity contribution in [1.82, 2.24) is 4.90 Å². The Morgan fingerprint density at radius 2 is 1.92 bits per heavy atom. The van der Waals surface area contributed by atoms with Crippen LogP contribution in [0.5, 0.6) is 0 Å². The largest absolute Gasteiger partial charge is 0.393 e. The molecule has 1 aromatic carbocycles. The zero-order chi connectivity index (χ0) is 18.3. The molecule has 0 bridgehead atoms. The number of hydrogen-bond acceptors (Lipinski definition) is 3. The highest BCUT2D eigenvalue weighted by molar-refractivity contribution is 6.31. The second kappa shape index (κ2) is 7.01. The van der Waals surface area contributed by atoms with E-state index in [-0.39, 0.29) is 23.1 Å². The van der Waals surface area contributed by atoms with E-state index in [9.17, 15) is 14.3 Å². The fraction of sp³-hybridized carbons (Fsp3) is 0.650. The molecule has 26 heavy (non-hydrogen) atoms. The summed E-state index contributed by atoms with van der Waals surface area (Å²) in [6.07, 6.45) is 5.71. The minimum atomic E-state index is -0.400. The fourth-order valence-corrected chi connectivity index (χ4v) is 5.19. The van der Waals surface area contributed by atoms with E-state index in [1.165, 1.54) is 0 Å². The molecule has 4 nitrogen and oxygen atoms in total. The SMILES string of the molecule is O=C1N(C2CCC(O)CC2)CC[C@@]12CCCN(c1cccc(Cl)c1F)C2. The van der Waals surface area contributed by atoms with E-state index >= 15 is 0 Å². The molecule has 1 aromatic rings. The second-order valence-electron chi connectivity index (χ2n) is 8.09. The fourth-order valence-electron chi connectivity index (χ4n) is 5.02. The van der Waals surface area contributed by atoms with Crippen LogP contribution in [0.2, 0.25) is 5.02 Å². The average Bonchev–Trinajstić information content (AvgIpc) is 2.94. The molecule has 6 heteroatoms. The third kappa shape index (κ3) is 3.09. The molecule has 3 fully saturated rings. The van der Waals surface area contributed by atoms with Gasteiger partial charge in [0, 0.05) is 25.7 Å². The molecule has 2 saturated heterocycles. The number of amides is 1. The van der Waals surface area contributed by atoms with E-state index in [4.69, 9.17) is 11.6 Å². The van der Waals surface area contributed by atoms with E-state index in [0.29, 0.717) is 12.2 Å². The normalized spacial score (nSPS) is 32.5. The van der Waals surface area contributed by atoms with Crippen LogP contribution in [0.4, 0.5) is 10.1 Å². The van der Waals surface area contributed by atoms with Crippen LogP contribution in [0.15, 0.2) is 18.2 Å². The van der Waals surface area contributed by atoms with Crippen molar-refractivity contribution in [2.75, 3.05) is 24.5 Å². The van der Waals surface area contributed by atoms with Gasteiger partial charge in [-0.25, -0.2) is 4.39 Å². The summed E-state index contributed by atoms with van der Waals surface area (Å²) < 4.78 is 14.5. The van der Waals surface area contributed by atoms with Gasteiger partial charge in [0.1, 0.15) is 0 Å². The highest BCUT2D eigenvalue weighted by Crippen LogP contribution is 2.44. The summed E-state index contributed by atoms with van der Waals surface area (Å²) >= 11 is 5.95. The average molecular weight is 381 g/mol. The number of nitrogens with zero attached hydrogens (tertiary/aromatic N) is 2. The third-order valence-corrected chi connectivity index (χ3v) is 6.79. The summed E-state index contributed by atoms with van der Waals surface area (Å²) in [4.78, 5) is 17.4. The molecule has 4 rings (SSSR count). The van der Waals surface area contributed by atoms with Gasteiger partial charge in [0.2, 0.25) is 5.91 Å². The molecular weight excluding hydrogens is 355 g/mol. The van der Waals surface area contributed by atoms with Crippen molar-refractivity contribution in [3.05, 3.63) is 29.0 Å². The van der Waals surface area contributed by atoms with Gasteiger partial charge in [-0.15, -0.1) is 0 Å². The number of halogens is 2. The predicted octanol–water partition coefficient (Wildman–Crippen LogP) is 3.60. The molecule has 1 aliphatic carbocycles. The molecule has 142 valence electrons. The van der Waals surface area contributed by atoms with Crippen molar-refractivity contribution in [1.29, 1.82) is 0 Å². The molecule has 2 aliphatic heterocycles. The van der Waals surface area contributed by atoms with Crippen LogP contribution in [-0.4, -0.2) is 47.7 Å². The molecule has 0 radical (unpaired) electrons. The molecule has 0 aromatic heterocycles. The van der Waals surface area contributed by atoms with Gasteiger partial charge >= 0.3 is 0 Å². The topological polar surface area (TPSA) is 43.8 Å². The number of carbonyl (C=O) groups is 1. The molecule has 1 saturated carbocycles. The van der Waals surface area contributed by atoms with Crippen LogP contribution in [0.25, 0.3) is 0 Å². The number of benzene rings is 1. The van der Waals surface area contributed by atoms with Crippen molar-refractivity contribution in [3.8, 4) is 0 Å². The zero-order valence-electron chi connectivity index (χ0n) is 15.0. The van der Waals surface area contributed by atoms with Gasteiger partial charge in [-0.3, -0.25) is 4.79 Å². The number of rotatable bonds is 2. The summed E-state index contributed by atoms with van der Waals surface area (Å²) in [7, 11) is 0. The van der Waals surface area contributed by atoms with Crippen LogP contribution in [0, 0.1) is 11.2 Å². The Hall–Kier alpha value is -1.33. The Bertz CT molecular complexity index is 692. The Morgan fingerprint density at radius 1 is 1.15 bits per heavy atom. The van der Waals surface area contributed by atoms with Gasteiger partial charge in [-0.1, -0.05) is 17.7 Å². The van der Waals surface area contributed by atoms with Gasteiger partial charge in [0.15, 0.2) is 5.82 Å². The minimum Gasteiger partial charge on any atom is -0.393 e. The molecule has 0 unspecified atom stereocenters. The van der Waals surface area contributed by atoms with Crippen LogP contribution in [0.3, 0.4) is 0 Å². The first kappa shape index (κ1) is 18.1. The third-order valence-electron chi connectivity index (χ3n) is 6.50. The van der Waals surface area contributed by atoms with E-state index < -0.39 is 11.2 Å². The summed E-state index contributed by atoms with van der Waals surface area (Å²) in [6.45, 7) is 2.10. The highest BCUT2D eigenvalue weighted by atomic mass is 35.5. The summed E-state index contributed by atoms with van der Waals surface area (Å²) in [6, 6.07) is 5.32. The molecule has 2 heterocycles. The number of anilines is 1. The molecule has 1 N–H and O–H groups in total. The number of hydrogen-bond donors (Lipinski definition) is 1. The number of piperidine rings is 1. The van der Waals surface area contributed by atoms with Crippen molar-refractivity contribution in [2.24, 2.45) is 5.41 Å². The maximum absolute atomic E-state index is 14.5. The van der Waals surface area contributed by atoms with Gasteiger partial charge in [0.05, 0.1) is 22.2 Å². The molecular formula is C20H26ClFN2O2. The number of aliphatic hydroxyl groups excluding tert-OH is 1. The number of carbonyl (C=O) groups excluding carboxylic acids is 1. The number of aliphatic hydroxyl groups is 1. The lowest BCUT2D eigenvalue weighted by Crippen LogP contribution is -2.50. The first-order valence-corrected chi connectivity index (χ1v) is 10.1. The van der Waals surface area contributed by atoms with E-state index in [1.807, 2.05) is 9.80 Å². The lowest BCUT2D eigenvalue weighted by atomic mass is 9.78. The van der Waals surface area contributed by atoms with E-state index in [1.54, 1.807) is 18.2 Å². The van der Waals surface area contributed by atoms with Crippen molar-refractivity contribution in [3.63, 3.8) is 0 Å². The molecule has 1 amide bonds. The zero-order valence-corrected chi connectivity index (χ0v) is 15.7. The summed E-state index contributed by atoms with van der Waals surface area (Å²) in [5.74, 6) is -0.166. The molecule has 3 aliphatic rings. The van der Waals surface area contributed by atoms with Gasteiger partial charge < -0.3 is 14.9 Å². The maximum atomic E-state index is 14.5. The van der Waals surface area contributed by atoms with Gasteiger partial charge in [-0.05, 0) is 57.1 Å². The van der Waals surface area contributed by atoms with Crippen LogP contribution < -0.4 is 4.90 Å². The Balaban J connectivity index is 1.52. The standard InChI is InChI=1S/C20H26ClFN2O2/c21-16-3-1-4-17(18(16)22)23-11-2-9-20(13-23)10-12-24(19(20)26)14-5-7-15(25)8-6-14/h1,3-4,14-15,25H,2,5-13H2/t14?,15?,20-/m1/s1. The number of likely N-dealkylation sites (tertiary alicyclic amines) is 1. The van der Waals surface area contributed by atoms with Crippen LogP contribution in [-0.2, 0) is 4.79 Å². The van der Waals surface area contributed by atoms with E-state index in [0.717, 1.165) is 58.0 Å². The van der Waals surface area contributed by atoms with Crippen LogP contribution in [0.1, 0.15) is 44.9 Å². The molecule has 1 atom stereocenters. The highest BCUT2D eigenvalue weighted by Gasteiger charge is 2.50. The molecule has 1 spiro atoms. The Labute approximate surface area is 158 Å². The first-order valence-electron chi connectivity index (χ1n) is 9.68. The van der Waals surface area contributed by atoms with Crippen molar-refractivity contribution in [2.45, 2.75) is 57.1 Å². The van der Waals surface area contributed by atoms with Crippen molar-refractivity contribution < 1.29 is 14.3 Å². The van der Waals surface area contributed by atoms with Gasteiger partial charge in [0.25, 0.3) is 0 Å². The Kier molecular flexibility index (Phi) is 4.86. The first-order chi connectivity index (χ1) is 12.5. The van der Waals surface area contributed by atoms with Crippen LogP contribution >= 0.6 is 11.6 Å².